The maximum atomic E-state index is 9.44. The van der Waals surface area contributed by atoms with E-state index in [1.807, 2.05) is 18.2 Å². The van der Waals surface area contributed by atoms with Gasteiger partial charge in [0.2, 0.25) is 0 Å². The van der Waals surface area contributed by atoms with Crippen LogP contribution in [-0.2, 0) is 5.75 Å². The van der Waals surface area contributed by atoms with Gasteiger partial charge in [-0.2, -0.15) is 0 Å². The lowest BCUT2D eigenvalue weighted by Crippen LogP contribution is -2.04. The van der Waals surface area contributed by atoms with Crippen molar-refractivity contribution in [3.8, 4) is 5.75 Å². The molecule has 1 aromatic heterocycles. The van der Waals surface area contributed by atoms with Crippen molar-refractivity contribution >= 4 is 17.6 Å². The van der Waals surface area contributed by atoms with Crippen molar-refractivity contribution in [3.05, 3.63) is 48.2 Å². The zero-order valence-electron chi connectivity index (χ0n) is 11.0. The second-order valence-electron chi connectivity index (χ2n) is 4.22. The van der Waals surface area contributed by atoms with Gasteiger partial charge in [-0.1, -0.05) is 19.1 Å². The van der Waals surface area contributed by atoms with Crippen LogP contribution in [0.5, 0.6) is 5.75 Å². The van der Waals surface area contributed by atoms with Crippen LogP contribution in [-0.4, -0.2) is 16.6 Å². The molecule has 100 valence electrons. The van der Waals surface area contributed by atoms with Gasteiger partial charge < -0.3 is 10.4 Å². The van der Waals surface area contributed by atoms with E-state index in [-0.39, 0.29) is 0 Å². The summed E-state index contributed by atoms with van der Waals surface area (Å²) < 4.78 is 0. The van der Waals surface area contributed by atoms with Crippen molar-refractivity contribution < 1.29 is 5.11 Å². The molecule has 0 aliphatic heterocycles. The lowest BCUT2D eigenvalue weighted by atomic mass is 10.3. The minimum atomic E-state index is 0.306. The fourth-order valence-corrected chi connectivity index (χ4v) is 2.63. The third kappa shape index (κ3) is 4.17. The average molecular weight is 274 g/mol. The molecule has 19 heavy (non-hydrogen) atoms. The summed E-state index contributed by atoms with van der Waals surface area (Å²) in [5, 5.41) is 12.8. The second-order valence-corrected chi connectivity index (χ2v) is 5.27. The van der Waals surface area contributed by atoms with Crippen molar-refractivity contribution in [2.45, 2.75) is 24.0 Å². The summed E-state index contributed by atoms with van der Waals surface area (Å²) in [6.07, 6.45) is 2.89. The number of pyridine rings is 1. The molecule has 1 heterocycles. The minimum Gasteiger partial charge on any atom is -0.508 e. The molecule has 3 nitrogen and oxygen atoms in total. The van der Waals surface area contributed by atoms with E-state index in [1.54, 1.807) is 30.1 Å². The average Bonchev–Trinajstić information content (AvgIpc) is 2.44. The van der Waals surface area contributed by atoms with Gasteiger partial charge in [0.25, 0.3) is 0 Å². The molecule has 0 radical (unpaired) electrons. The van der Waals surface area contributed by atoms with E-state index >= 15 is 0 Å². The summed E-state index contributed by atoms with van der Waals surface area (Å²) in [5.74, 6) is 2.10. The number of thioether (sulfide) groups is 1. The molecule has 0 amide bonds. The highest BCUT2D eigenvalue weighted by atomic mass is 32.2. The van der Waals surface area contributed by atoms with Crippen molar-refractivity contribution in [1.29, 1.82) is 0 Å². The van der Waals surface area contributed by atoms with Gasteiger partial charge in [-0.05, 0) is 30.7 Å². The Morgan fingerprint density at radius 3 is 2.95 bits per heavy atom. The van der Waals surface area contributed by atoms with Crippen LogP contribution >= 0.6 is 11.8 Å². The largest absolute Gasteiger partial charge is 0.508 e. The van der Waals surface area contributed by atoms with Gasteiger partial charge in [0, 0.05) is 29.0 Å². The smallest absolute Gasteiger partial charge is 0.129 e. The van der Waals surface area contributed by atoms with E-state index in [9.17, 15) is 5.11 Å². The first-order valence-corrected chi connectivity index (χ1v) is 7.37. The molecule has 0 unspecified atom stereocenters. The number of anilines is 1. The first-order chi connectivity index (χ1) is 9.29. The molecular formula is C15H18N2OS. The highest BCUT2D eigenvalue weighted by Gasteiger charge is 2.04. The number of aromatic nitrogens is 1. The van der Waals surface area contributed by atoms with E-state index in [4.69, 9.17) is 0 Å². The Bertz CT molecular complexity index is 531. The lowest BCUT2D eigenvalue weighted by molar-refractivity contribution is 0.474. The maximum absolute atomic E-state index is 9.44. The lowest BCUT2D eigenvalue weighted by Gasteiger charge is -2.09. The van der Waals surface area contributed by atoms with Gasteiger partial charge in [-0.25, -0.2) is 4.98 Å². The number of nitrogens with one attached hydrogen (secondary N) is 1. The van der Waals surface area contributed by atoms with Gasteiger partial charge in [0.1, 0.15) is 11.6 Å². The standard InChI is InChI=1S/C15H18N2OS/c1-2-8-16-15-12(5-4-9-17-15)11-19-14-7-3-6-13(18)10-14/h3-7,9-10,18H,2,8,11H2,1H3,(H,16,17). The monoisotopic (exact) mass is 274 g/mol. The Morgan fingerprint density at radius 2 is 2.16 bits per heavy atom. The Labute approximate surface area is 118 Å². The molecule has 0 saturated heterocycles. The summed E-state index contributed by atoms with van der Waals surface area (Å²) in [6, 6.07) is 11.4. The molecule has 0 aliphatic carbocycles. The number of hydrogen-bond donors (Lipinski definition) is 2. The molecule has 0 atom stereocenters. The van der Waals surface area contributed by atoms with Crippen LogP contribution in [0.3, 0.4) is 0 Å². The summed E-state index contributed by atoms with van der Waals surface area (Å²) in [4.78, 5) is 5.43. The second kappa shape index (κ2) is 7.04. The van der Waals surface area contributed by atoms with Crippen molar-refractivity contribution in [2.24, 2.45) is 0 Å². The molecule has 0 fully saturated rings. The third-order valence-electron chi connectivity index (χ3n) is 2.65. The summed E-state index contributed by atoms with van der Waals surface area (Å²) in [5.41, 5.74) is 1.18. The number of benzene rings is 1. The van der Waals surface area contributed by atoms with Gasteiger partial charge in [0.15, 0.2) is 0 Å². The highest BCUT2D eigenvalue weighted by molar-refractivity contribution is 7.98. The van der Waals surface area contributed by atoms with E-state index in [2.05, 4.69) is 23.3 Å². The van der Waals surface area contributed by atoms with E-state index in [0.717, 1.165) is 29.4 Å². The summed E-state index contributed by atoms with van der Waals surface area (Å²) in [7, 11) is 0. The molecule has 1 aromatic carbocycles. The van der Waals surface area contributed by atoms with Crippen molar-refractivity contribution in [1.82, 2.24) is 4.98 Å². The number of phenolic OH excluding ortho intramolecular Hbond substituents is 1. The molecule has 2 aromatic rings. The van der Waals surface area contributed by atoms with Crippen LogP contribution in [0.1, 0.15) is 18.9 Å². The molecule has 4 heteroatoms. The van der Waals surface area contributed by atoms with Crippen LogP contribution in [0, 0.1) is 0 Å². The predicted octanol–water partition coefficient (Wildman–Crippen LogP) is 3.90. The first-order valence-electron chi connectivity index (χ1n) is 6.39. The molecule has 0 saturated carbocycles. The topological polar surface area (TPSA) is 45.2 Å². The van der Waals surface area contributed by atoms with Gasteiger partial charge in [-0.15, -0.1) is 11.8 Å². The number of hydrogen-bond acceptors (Lipinski definition) is 4. The first kappa shape index (κ1) is 13.7. The fraction of sp³-hybridized carbons (Fsp3) is 0.267. The zero-order chi connectivity index (χ0) is 13.5. The molecule has 2 rings (SSSR count). The SMILES string of the molecule is CCCNc1ncccc1CSc1cccc(O)c1. The van der Waals surface area contributed by atoms with E-state index in [0.29, 0.717) is 5.75 Å². The van der Waals surface area contributed by atoms with Crippen LogP contribution in [0.25, 0.3) is 0 Å². The normalized spacial score (nSPS) is 10.4. The van der Waals surface area contributed by atoms with Gasteiger partial charge >= 0.3 is 0 Å². The van der Waals surface area contributed by atoms with Crippen molar-refractivity contribution in [2.75, 3.05) is 11.9 Å². The Balaban J connectivity index is 2.02. The number of aromatic hydroxyl groups is 1. The Hall–Kier alpha value is -1.68. The maximum Gasteiger partial charge on any atom is 0.129 e. The Morgan fingerprint density at radius 1 is 1.26 bits per heavy atom. The Kier molecular flexibility index (Phi) is 5.10. The third-order valence-corrected chi connectivity index (χ3v) is 3.69. The van der Waals surface area contributed by atoms with Gasteiger partial charge in [-0.3, -0.25) is 0 Å². The van der Waals surface area contributed by atoms with Crippen LogP contribution in [0.15, 0.2) is 47.5 Å². The van der Waals surface area contributed by atoms with Crippen LogP contribution in [0.4, 0.5) is 5.82 Å². The minimum absolute atomic E-state index is 0.306. The van der Waals surface area contributed by atoms with E-state index in [1.165, 1.54) is 5.56 Å². The zero-order valence-corrected chi connectivity index (χ0v) is 11.8. The number of nitrogens with zero attached hydrogens (tertiary/aromatic N) is 1. The van der Waals surface area contributed by atoms with Crippen LogP contribution < -0.4 is 5.32 Å². The van der Waals surface area contributed by atoms with Crippen molar-refractivity contribution in [3.63, 3.8) is 0 Å². The number of phenols is 1. The predicted molar refractivity (Wildman–Crippen MR) is 80.7 cm³/mol. The van der Waals surface area contributed by atoms with Gasteiger partial charge in [0.05, 0.1) is 0 Å². The fourth-order valence-electron chi connectivity index (χ4n) is 1.69. The molecule has 0 aliphatic rings. The highest BCUT2D eigenvalue weighted by Crippen LogP contribution is 2.27. The summed E-state index contributed by atoms with van der Waals surface area (Å²) in [6.45, 7) is 3.07. The molecule has 0 bridgehead atoms. The quantitative estimate of drug-likeness (QED) is 0.784. The van der Waals surface area contributed by atoms with Crippen LogP contribution in [0.2, 0.25) is 0 Å². The van der Waals surface area contributed by atoms with E-state index < -0.39 is 0 Å². The molecule has 2 N–H and O–H groups in total. The molecular weight excluding hydrogens is 256 g/mol. The number of rotatable bonds is 6. The summed E-state index contributed by atoms with van der Waals surface area (Å²) >= 11 is 1.70. The molecule has 0 spiro atoms.